The molecule has 1 heterocycles. The van der Waals surface area contributed by atoms with Crippen molar-refractivity contribution in [3.8, 4) is 0 Å². The van der Waals surface area contributed by atoms with E-state index < -0.39 is 4.56 Å². The molecule has 0 aromatic carbocycles. The average molecular weight is 196 g/mol. The Labute approximate surface area is 68.7 Å². The van der Waals surface area contributed by atoms with Crippen molar-refractivity contribution in [1.82, 2.24) is 5.32 Å². The molecule has 0 spiro atoms. The third kappa shape index (κ3) is 7.56. The maximum absolute atomic E-state index is 10.1. The van der Waals surface area contributed by atoms with Gasteiger partial charge in [-0.15, -0.1) is 0 Å². The van der Waals surface area contributed by atoms with Gasteiger partial charge >= 0.3 is 32.8 Å². The SMILES string of the molecule is O=C1CCCN1.O=[C](O)[Zn]. The van der Waals surface area contributed by atoms with Gasteiger partial charge < -0.3 is 5.32 Å². The molecule has 0 aliphatic carbocycles. The third-order valence-electron chi connectivity index (χ3n) is 0.903. The van der Waals surface area contributed by atoms with Crippen LogP contribution in [0.1, 0.15) is 12.8 Å². The van der Waals surface area contributed by atoms with Crippen LogP contribution < -0.4 is 5.32 Å². The van der Waals surface area contributed by atoms with Crippen LogP contribution in [0.5, 0.6) is 0 Å². The predicted molar refractivity (Wildman–Crippen MR) is 30.3 cm³/mol. The summed E-state index contributed by atoms with van der Waals surface area (Å²) in [6, 6.07) is 0. The first-order valence-corrected chi connectivity index (χ1v) is 4.43. The molecule has 1 saturated heterocycles. The molecule has 4 nitrogen and oxygen atoms in total. The van der Waals surface area contributed by atoms with Crippen molar-refractivity contribution in [3.05, 3.63) is 0 Å². The molecule has 2 N–H and O–H groups in total. The van der Waals surface area contributed by atoms with Crippen molar-refractivity contribution in [3.63, 3.8) is 0 Å². The Morgan fingerprint density at radius 2 is 2.20 bits per heavy atom. The van der Waals surface area contributed by atoms with Gasteiger partial charge in [0.15, 0.2) is 0 Å². The number of rotatable bonds is 0. The second-order valence-corrected chi connectivity index (χ2v) is 3.12. The first-order valence-electron chi connectivity index (χ1n) is 2.94. The molecule has 1 aliphatic heterocycles. The van der Waals surface area contributed by atoms with Gasteiger partial charge in [-0.2, -0.15) is 0 Å². The summed E-state index contributed by atoms with van der Waals surface area (Å²) in [5.74, 6) is 0.204. The van der Waals surface area contributed by atoms with Crippen LogP contribution in [0.25, 0.3) is 0 Å². The van der Waals surface area contributed by atoms with Crippen molar-refractivity contribution in [2.45, 2.75) is 12.8 Å². The Morgan fingerprint density at radius 1 is 1.70 bits per heavy atom. The summed E-state index contributed by atoms with van der Waals surface area (Å²) in [5.41, 5.74) is 0. The number of carbonyl (C=O) groups excluding carboxylic acids is 1. The van der Waals surface area contributed by atoms with Gasteiger partial charge in [0, 0.05) is 13.0 Å². The fraction of sp³-hybridized carbons (Fsp3) is 0.600. The van der Waals surface area contributed by atoms with Crippen molar-refractivity contribution in [2.75, 3.05) is 6.54 Å². The summed E-state index contributed by atoms with van der Waals surface area (Å²) in [6.07, 6.45) is 1.76. The van der Waals surface area contributed by atoms with Crippen molar-refractivity contribution in [2.24, 2.45) is 0 Å². The Hall–Kier alpha value is -0.437. The molecule has 1 aliphatic rings. The van der Waals surface area contributed by atoms with Crippen LogP contribution in [0.15, 0.2) is 0 Å². The first-order chi connectivity index (χ1) is 4.63. The van der Waals surface area contributed by atoms with E-state index in [-0.39, 0.29) is 5.91 Å². The van der Waals surface area contributed by atoms with E-state index in [0.717, 1.165) is 19.4 Å². The zero-order chi connectivity index (χ0) is 7.98. The monoisotopic (exact) mass is 194 g/mol. The number of amides is 1. The number of carbonyl (C=O) groups is 2. The molecule has 53 valence electrons. The van der Waals surface area contributed by atoms with Crippen LogP contribution in [0.3, 0.4) is 0 Å². The van der Waals surface area contributed by atoms with Crippen LogP contribution in [0.2, 0.25) is 0 Å². The summed E-state index contributed by atoms with van der Waals surface area (Å²) in [7, 11) is 0. The van der Waals surface area contributed by atoms with E-state index in [1.807, 2.05) is 0 Å². The molecule has 0 saturated carbocycles. The second kappa shape index (κ2) is 5.36. The van der Waals surface area contributed by atoms with E-state index in [2.05, 4.69) is 5.32 Å². The van der Waals surface area contributed by atoms with Crippen LogP contribution in [-0.2, 0) is 23.1 Å². The van der Waals surface area contributed by atoms with Crippen LogP contribution in [0, 0.1) is 0 Å². The van der Waals surface area contributed by atoms with E-state index in [4.69, 9.17) is 9.90 Å². The molecule has 0 aromatic heterocycles. The molecule has 0 radical (unpaired) electrons. The van der Waals surface area contributed by atoms with E-state index in [1.165, 1.54) is 0 Å². The van der Waals surface area contributed by atoms with E-state index in [0.29, 0.717) is 18.3 Å². The molecular weight excluding hydrogens is 187 g/mol. The van der Waals surface area contributed by atoms with Crippen LogP contribution >= 0.6 is 0 Å². The third-order valence-corrected chi connectivity index (χ3v) is 0.903. The molecule has 5 heteroatoms. The van der Waals surface area contributed by atoms with Gasteiger partial charge in [-0.25, -0.2) is 0 Å². The summed E-state index contributed by atoms with van der Waals surface area (Å²) in [6.45, 7) is 0.888. The van der Waals surface area contributed by atoms with Crippen molar-refractivity contribution in [1.29, 1.82) is 0 Å². The summed E-state index contributed by atoms with van der Waals surface area (Å²) >= 11 is 0.347. The molecule has 1 fully saturated rings. The minimum atomic E-state index is -0.708. The normalized spacial score (nSPS) is 15.2. The maximum atomic E-state index is 10.1. The van der Waals surface area contributed by atoms with Crippen molar-refractivity contribution < 1.29 is 33.0 Å². The molecule has 0 unspecified atom stereocenters. The summed E-state index contributed by atoms with van der Waals surface area (Å²) in [4.78, 5) is 19.2. The van der Waals surface area contributed by atoms with Gasteiger partial charge in [-0.1, -0.05) is 0 Å². The van der Waals surface area contributed by atoms with Crippen molar-refractivity contribution >= 4 is 10.5 Å². The van der Waals surface area contributed by atoms with E-state index >= 15 is 0 Å². The zero-order valence-electron chi connectivity index (χ0n) is 5.59. The van der Waals surface area contributed by atoms with Gasteiger partial charge in [0.2, 0.25) is 5.91 Å². The Bertz CT molecular complexity index is 125. The van der Waals surface area contributed by atoms with Gasteiger partial charge in [-0.3, -0.25) is 4.79 Å². The Kier molecular flexibility index (Phi) is 5.12. The first kappa shape index (κ1) is 9.56. The summed E-state index contributed by atoms with van der Waals surface area (Å²) in [5, 5.41) is 10.2. The molecule has 0 aromatic rings. The Balaban J connectivity index is 0.000000180. The van der Waals surface area contributed by atoms with Gasteiger partial charge in [0.1, 0.15) is 0 Å². The van der Waals surface area contributed by atoms with Gasteiger partial charge in [0.25, 0.3) is 0 Å². The molecular formula is C5H8NO3Zn. The predicted octanol–water partition coefficient (Wildman–Crippen LogP) is 0.108. The quantitative estimate of drug-likeness (QED) is 0.539. The van der Waals surface area contributed by atoms with E-state index in [9.17, 15) is 4.79 Å². The fourth-order valence-corrected chi connectivity index (χ4v) is 0.565. The molecule has 0 atom stereocenters. The molecule has 0 bridgehead atoms. The topological polar surface area (TPSA) is 66.4 Å². The van der Waals surface area contributed by atoms with Gasteiger partial charge in [-0.05, 0) is 6.42 Å². The fourth-order valence-electron chi connectivity index (χ4n) is 0.565. The molecule has 1 amide bonds. The number of hydrogen-bond donors (Lipinski definition) is 2. The minimum absolute atomic E-state index is 0.204. The second-order valence-electron chi connectivity index (χ2n) is 1.85. The number of nitrogens with one attached hydrogen (secondary N) is 1. The standard InChI is InChI=1S/C4H7NO.CHO2.Zn/c6-4-2-1-3-5-4;2-1-3;/h1-3H2,(H,5,6);(H,2,3);. The van der Waals surface area contributed by atoms with E-state index in [1.54, 1.807) is 0 Å². The van der Waals surface area contributed by atoms with Crippen LogP contribution in [-0.4, -0.2) is 22.1 Å². The number of hydrogen-bond acceptors (Lipinski definition) is 2. The Morgan fingerprint density at radius 3 is 2.30 bits per heavy atom. The zero-order valence-corrected chi connectivity index (χ0v) is 8.56. The number of carboxylic acid groups (broad SMARTS) is 1. The molecule has 10 heavy (non-hydrogen) atoms. The van der Waals surface area contributed by atoms with Gasteiger partial charge in [0.05, 0.1) is 0 Å². The molecule has 1 rings (SSSR count). The van der Waals surface area contributed by atoms with Crippen LogP contribution in [0.4, 0.5) is 4.79 Å². The average Bonchev–Trinajstić information content (AvgIpc) is 2.15. The summed E-state index contributed by atoms with van der Waals surface area (Å²) < 4.78 is -0.708.